The SMILES string of the molecule is Cc1nnc(-c2c(-n3c4ccccc4c4ccccc43)c(-c3nnc(C)o3)c(-n3c4ccccc4c4ccccc43)c(-n3c4ccccc4c4ccccc43)c2-n2c3ccccc3c3ccccc32)o1. The molecule has 0 aliphatic heterocycles. The van der Waals surface area contributed by atoms with Crippen molar-refractivity contribution in [1.29, 1.82) is 0 Å². The van der Waals surface area contributed by atoms with E-state index in [9.17, 15) is 0 Å². The molecule has 0 amide bonds. The van der Waals surface area contributed by atoms with E-state index in [2.05, 4.69) is 223 Å². The van der Waals surface area contributed by atoms with E-state index in [1.807, 2.05) is 13.8 Å². The van der Waals surface area contributed by atoms with Crippen molar-refractivity contribution in [3.05, 3.63) is 206 Å². The lowest BCUT2D eigenvalue weighted by atomic mass is 9.96. The molecule has 9 aromatic carbocycles. The summed E-state index contributed by atoms with van der Waals surface area (Å²) in [6.07, 6.45) is 0. The first-order chi connectivity index (χ1) is 34.6. The van der Waals surface area contributed by atoms with Crippen molar-refractivity contribution in [2.45, 2.75) is 13.8 Å². The van der Waals surface area contributed by atoms with Gasteiger partial charge in [0.15, 0.2) is 0 Å². The molecule has 0 spiro atoms. The van der Waals surface area contributed by atoms with Crippen LogP contribution < -0.4 is 0 Å². The summed E-state index contributed by atoms with van der Waals surface area (Å²) < 4.78 is 23.4. The topological polar surface area (TPSA) is 97.6 Å². The highest BCUT2D eigenvalue weighted by Crippen LogP contribution is 2.54. The summed E-state index contributed by atoms with van der Waals surface area (Å²) >= 11 is 0. The van der Waals surface area contributed by atoms with E-state index < -0.39 is 0 Å². The third-order valence-corrected chi connectivity index (χ3v) is 14.1. The molecular formula is C60H38N8O2. The number of nitrogens with zero attached hydrogens (tertiary/aromatic N) is 8. The molecule has 15 aromatic rings. The molecular weight excluding hydrogens is 865 g/mol. The molecule has 6 heterocycles. The van der Waals surface area contributed by atoms with Gasteiger partial charge in [0.1, 0.15) is 0 Å². The zero-order valence-corrected chi connectivity index (χ0v) is 37.9. The number of hydrogen-bond acceptors (Lipinski definition) is 6. The monoisotopic (exact) mass is 902 g/mol. The highest BCUT2D eigenvalue weighted by atomic mass is 16.4. The van der Waals surface area contributed by atoms with Crippen molar-refractivity contribution >= 4 is 87.2 Å². The van der Waals surface area contributed by atoms with E-state index in [-0.39, 0.29) is 0 Å². The average molecular weight is 903 g/mol. The van der Waals surface area contributed by atoms with Crippen LogP contribution in [-0.4, -0.2) is 38.7 Å². The molecule has 0 fully saturated rings. The maximum atomic E-state index is 6.88. The quantitative estimate of drug-likeness (QED) is 0.165. The summed E-state index contributed by atoms with van der Waals surface area (Å²) in [5, 5.41) is 28.1. The lowest BCUT2D eigenvalue weighted by Gasteiger charge is -2.29. The van der Waals surface area contributed by atoms with Crippen molar-refractivity contribution in [3.63, 3.8) is 0 Å². The van der Waals surface area contributed by atoms with Gasteiger partial charge in [0.2, 0.25) is 11.8 Å². The maximum Gasteiger partial charge on any atom is 0.252 e. The predicted molar refractivity (Wildman–Crippen MR) is 280 cm³/mol. The fourth-order valence-corrected chi connectivity index (χ4v) is 11.4. The summed E-state index contributed by atoms with van der Waals surface area (Å²) in [5.41, 5.74) is 12.6. The number of rotatable bonds is 6. The molecule has 0 bridgehead atoms. The Labute approximate surface area is 398 Å². The van der Waals surface area contributed by atoms with Gasteiger partial charge in [-0.3, -0.25) is 0 Å². The van der Waals surface area contributed by atoms with Crippen LogP contribution in [0.4, 0.5) is 0 Å². The second-order valence-corrected chi connectivity index (χ2v) is 17.9. The third kappa shape index (κ3) is 5.21. The number of aromatic nitrogens is 8. The molecule has 0 saturated carbocycles. The Morgan fingerprint density at radius 3 is 0.700 bits per heavy atom. The normalized spacial score (nSPS) is 12.1. The lowest BCUT2D eigenvalue weighted by molar-refractivity contribution is 0.530. The summed E-state index contributed by atoms with van der Waals surface area (Å²) in [7, 11) is 0. The van der Waals surface area contributed by atoms with Gasteiger partial charge >= 0.3 is 0 Å². The maximum absolute atomic E-state index is 6.88. The lowest BCUT2D eigenvalue weighted by Crippen LogP contribution is -2.16. The first-order valence-corrected chi connectivity index (χ1v) is 23.4. The van der Waals surface area contributed by atoms with Crippen LogP contribution in [0.25, 0.3) is 133 Å². The van der Waals surface area contributed by atoms with Crippen molar-refractivity contribution in [3.8, 4) is 45.7 Å². The largest absolute Gasteiger partial charge is 0.421 e. The number of para-hydroxylation sites is 8. The van der Waals surface area contributed by atoms with Gasteiger partial charge < -0.3 is 27.1 Å². The fourth-order valence-electron chi connectivity index (χ4n) is 11.4. The Balaban J connectivity index is 1.35. The first-order valence-electron chi connectivity index (χ1n) is 23.4. The number of aryl methyl sites for hydroxylation is 2. The molecule has 15 rings (SSSR count). The number of benzene rings is 9. The Morgan fingerprint density at radius 1 is 0.257 bits per heavy atom. The third-order valence-electron chi connectivity index (χ3n) is 14.1. The Kier molecular flexibility index (Phi) is 7.98. The van der Waals surface area contributed by atoms with Crippen molar-refractivity contribution in [2.75, 3.05) is 0 Å². The van der Waals surface area contributed by atoms with Crippen LogP contribution in [-0.2, 0) is 0 Å². The number of hydrogen-bond donors (Lipinski definition) is 0. The molecule has 0 atom stereocenters. The van der Waals surface area contributed by atoms with Crippen molar-refractivity contribution in [1.82, 2.24) is 38.7 Å². The van der Waals surface area contributed by atoms with Gasteiger partial charge in [-0.05, 0) is 48.5 Å². The predicted octanol–water partition coefficient (Wildman–Crippen LogP) is 14.8. The molecule has 6 aromatic heterocycles. The van der Waals surface area contributed by atoms with E-state index >= 15 is 0 Å². The Bertz CT molecular complexity index is 4260. The standard InChI is InChI=1S/C60H38N8O2/c1-35-61-63-59(69-35)53-55(65-45-27-11-3-19-37(45)38-20-4-12-28-46(38)65)54(60-64-62-36(2)70-60)57(67-49-31-15-7-23-41(49)42-24-8-16-32-50(42)67)58(68-51-33-17-9-25-43(51)44-26-10-18-34-52(44)68)56(53)66-47-29-13-5-21-39(47)40-22-6-14-30-48(40)66/h3-34H,1-2H3. The molecule has 10 heteroatoms. The van der Waals surface area contributed by atoms with E-state index in [1.54, 1.807) is 0 Å². The summed E-state index contributed by atoms with van der Waals surface area (Å²) in [6.45, 7) is 3.69. The van der Waals surface area contributed by atoms with Gasteiger partial charge in [0.25, 0.3) is 11.8 Å². The highest BCUT2D eigenvalue weighted by molar-refractivity contribution is 6.18. The minimum atomic E-state index is 0.333. The summed E-state index contributed by atoms with van der Waals surface area (Å²) in [4.78, 5) is 0. The molecule has 10 nitrogen and oxygen atoms in total. The summed E-state index contributed by atoms with van der Waals surface area (Å²) in [6, 6.07) is 69.1. The molecule has 0 saturated heterocycles. The van der Waals surface area contributed by atoms with Gasteiger partial charge in [-0.15, -0.1) is 20.4 Å². The zero-order valence-electron chi connectivity index (χ0n) is 37.9. The van der Waals surface area contributed by atoms with Crippen LogP contribution in [0, 0.1) is 13.8 Å². The second-order valence-electron chi connectivity index (χ2n) is 17.9. The zero-order chi connectivity index (χ0) is 46.2. The van der Waals surface area contributed by atoms with Crippen LogP contribution >= 0.6 is 0 Å². The van der Waals surface area contributed by atoms with Crippen molar-refractivity contribution < 1.29 is 8.83 Å². The van der Waals surface area contributed by atoms with Gasteiger partial charge in [0.05, 0.1) is 78.0 Å². The fraction of sp³-hybridized carbons (Fsp3) is 0.0333. The minimum absolute atomic E-state index is 0.333. The smallest absolute Gasteiger partial charge is 0.252 e. The highest BCUT2D eigenvalue weighted by Gasteiger charge is 2.38. The van der Waals surface area contributed by atoms with Gasteiger partial charge in [0, 0.05) is 56.9 Å². The Hall–Kier alpha value is -9.54. The number of fused-ring (bicyclic) bond motifs is 12. The van der Waals surface area contributed by atoms with E-state index in [4.69, 9.17) is 19.0 Å². The average Bonchev–Trinajstić information content (AvgIpc) is 4.28. The van der Waals surface area contributed by atoms with E-state index in [0.717, 1.165) is 110 Å². The first kappa shape index (κ1) is 38.6. The van der Waals surface area contributed by atoms with Crippen molar-refractivity contribution in [2.24, 2.45) is 0 Å². The van der Waals surface area contributed by atoms with Crippen LogP contribution in [0.2, 0.25) is 0 Å². The molecule has 330 valence electrons. The Morgan fingerprint density at radius 2 is 0.471 bits per heavy atom. The van der Waals surface area contributed by atoms with Crippen LogP contribution in [0.1, 0.15) is 11.8 Å². The van der Waals surface area contributed by atoms with Gasteiger partial charge in [-0.25, -0.2) is 0 Å². The van der Waals surface area contributed by atoms with Crippen LogP contribution in [0.15, 0.2) is 203 Å². The van der Waals surface area contributed by atoms with E-state index in [0.29, 0.717) is 34.7 Å². The molecule has 0 aliphatic carbocycles. The van der Waals surface area contributed by atoms with Crippen LogP contribution in [0.3, 0.4) is 0 Å². The van der Waals surface area contributed by atoms with Gasteiger partial charge in [-0.1, -0.05) is 146 Å². The van der Waals surface area contributed by atoms with Crippen LogP contribution in [0.5, 0.6) is 0 Å². The van der Waals surface area contributed by atoms with Gasteiger partial charge in [-0.2, -0.15) is 0 Å². The van der Waals surface area contributed by atoms with E-state index in [1.165, 1.54) is 0 Å². The molecule has 70 heavy (non-hydrogen) atoms. The molecule has 0 radical (unpaired) electrons. The molecule has 0 aliphatic rings. The second kappa shape index (κ2) is 14.5. The minimum Gasteiger partial charge on any atom is -0.421 e. The molecule has 0 N–H and O–H groups in total. The summed E-state index contributed by atoms with van der Waals surface area (Å²) in [5.74, 6) is 1.52. The molecule has 0 unspecified atom stereocenters.